The highest BCUT2D eigenvalue weighted by Crippen LogP contribution is 1.96. The molecule has 3 nitrogen and oxygen atoms in total. The summed E-state index contributed by atoms with van der Waals surface area (Å²) >= 11 is 0. The van der Waals surface area contributed by atoms with E-state index in [9.17, 15) is 4.39 Å². The average molecular weight is 213 g/mol. The van der Waals surface area contributed by atoms with Crippen molar-refractivity contribution in [2.75, 3.05) is 13.2 Å². The van der Waals surface area contributed by atoms with Crippen molar-refractivity contribution in [2.24, 2.45) is 0 Å². The molecule has 0 saturated heterocycles. The first-order valence-electron chi connectivity index (χ1n) is 5.66. The fourth-order valence-electron chi connectivity index (χ4n) is 1.43. The average Bonchev–Trinajstić information content (AvgIpc) is 2.66. The molecular weight excluding hydrogens is 193 g/mol. The van der Waals surface area contributed by atoms with Crippen LogP contribution >= 0.6 is 0 Å². The third-order valence-electron chi connectivity index (χ3n) is 2.27. The molecule has 0 aliphatic rings. The first kappa shape index (κ1) is 12.2. The second kappa shape index (κ2) is 7.40. The van der Waals surface area contributed by atoms with E-state index >= 15 is 0 Å². The van der Waals surface area contributed by atoms with E-state index in [4.69, 9.17) is 0 Å². The molecule has 0 spiro atoms. The molecule has 0 aliphatic heterocycles. The molecule has 4 heteroatoms. The topological polar surface area (TPSA) is 29.9 Å². The first-order valence-corrected chi connectivity index (χ1v) is 5.66. The van der Waals surface area contributed by atoms with Crippen molar-refractivity contribution < 1.29 is 4.39 Å². The molecule has 0 unspecified atom stereocenters. The highest BCUT2D eigenvalue weighted by atomic mass is 19.1. The molecule has 1 aromatic rings. The molecule has 0 atom stereocenters. The minimum atomic E-state index is -0.356. The number of hydrogen-bond acceptors (Lipinski definition) is 2. The van der Waals surface area contributed by atoms with E-state index in [0.29, 0.717) is 6.54 Å². The van der Waals surface area contributed by atoms with Crippen LogP contribution in [0.1, 0.15) is 31.9 Å². The van der Waals surface area contributed by atoms with Crippen molar-refractivity contribution in [3.05, 3.63) is 18.0 Å². The molecule has 1 N–H and O–H groups in total. The number of halogens is 1. The lowest BCUT2D eigenvalue weighted by atomic mass is 10.2. The van der Waals surface area contributed by atoms with Crippen LogP contribution in [0.2, 0.25) is 0 Å². The van der Waals surface area contributed by atoms with Gasteiger partial charge in [0.25, 0.3) is 0 Å². The van der Waals surface area contributed by atoms with Crippen LogP contribution in [0.3, 0.4) is 0 Å². The molecule has 0 saturated carbocycles. The molecule has 1 aromatic heterocycles. The number of aromatic nitrogens is 2. The van der Waals surface area contributed by atoms with Gasteiger partial charge in [0.15, 0.2) is 0 Å². The van der Waals surface area contributed by atoms with Gasteiger partial charge >= 0.3 is 0 Å². The van der Waals surface area contributed by atoms with Crippen LogP contribution in [0.25, 0.3) is 0 Å². The smallest absolute Gasteiger partial charge is 0.109 e. The summed E-state index contributed by atoms with van der Waals surface area (Å²) in [7, 11) is 0. The van der Waals surface area contributed by atoms with E-state index in [-0.39, 0.29) is 6.67 Å². The summed E-state index contributed by atoms with van der Waals surface area (Å²) < 4.78 is 13.6. The van der Waals surface area contributed by atoms with Gasteiger partial charge in [-0.3, -0.25) is 4.68 Å². The van der Waals surface area contributed by atoms with E-state index in [1.807, 2.05) is 12.3 Å². The van der Waals surface area contributed by atoms with Crippen molar-refractivity contribution in [3.8, 4) is 0 Å². The number of hydrogen-bond donors (Lipinski definition) is 1. The highest BCUT2D eigenvalue weighted by molar-refractivity contribution is 4.98. The van der Waals surface area contributed by atoms with Crippen molar-refractivity contribution in [3.63, 3.8) is 0 Å². The lowest BCUT2D eigenvalue weighted by molar-refractivity contribution is 0.425. The summed E-state index contributed by atoms with van der Waals surface area (Å²) in [6.07, 6.45) is 5.54. The van der Waals surface area contributed by atoms with E-state index in [0.717, 1.165) is 18.8 Å². The molecule has 15 heavy (non-hydrogen) atoms. The lowest BCUT2D eigenvalue weighted by Gasteiger charge is -2.01. The fraction of sp³-hybridized carbons (Fsp3) is 0.727. The lowest BCUT2D eigenvalue weighted by Crippen LogP contribution is -2.15. The molecule has 1 rings (SSSR count). The van der Waals surface area contributed by atoms with Crippen LogP contribution in [-0.4, -0.2) is 23.0 Å². The monoisotopic (exact) mass is 213 g/mol. The van der Waals surface area contributed by atoms with E-state index < -0.39 is 0 Å². The number of aryl methyl sites for hydroxylation is 1. The van der Waals surface area contributed by atoms with Gasteiger partial charge in [0.05, 0.1) is 12.2 Å². The van der Waals surface area contributed by atoms with Crippen LogP contribution in [0, 0.1) is 0 Å². The number of nitrogens with zero attached hydrogens (tertiary/aromatic N) is 2. The predicted molar refractivity (Wildman–Crippen MR) is 59.4 cm³/mol. The minimum Gasteiger partial charge on any atom is -0.311 e. The molecular formula is C11H20FN3. The molecule has 1 heterocycles. The van der Waals surface area contributed by atoms with Crippen molar-refractivity contribution in [1.29, 1.82) is 0 Å². The third kappa shape index (κ3) is 4.93. The maximum Gasteiger partial charge on any atom is 0.109 e. The van der Waals surface area contributed by atoms with Gasteiger partial charge in [-0.1, -0.05) is 19.8 Å². The van der Waals surface area contributed by atoms with Gasteiger partial charge in [0, 0.05) is 12.7 Å². The van der Waals surface area contributed by atoms with Crippen LogP contribution in [0.5, 0.6) is 0 Å². The zero-order valence-corrected chi connectivity index (χ0v) is 9.38. The number of alkyl halides is 1. The van der Waals surface area contributed by atoms with Crippen LogP contribution in [0.15, 0.2) is 12.3 Å². The van der Waals surface area contributed by atoms with E-state index in [1.165, 1.54) is 19.3 Å². The van der Waals surface area contributed by atoms with Crippen molar-refractivity contribution in [2.45, 2.75) is 39.3 Å². The van der Waals surface area contributed by atoms with E-state index in [2.05, 4.69) is 17.3 Å². The zero-order chi connectivity index (χ0) is 10.9. The first-order chi connectivity index (χ1) is 7.36. The number of unbranched alkanes of at least 4 members (excludes halogenated alkanes) is 2. The largest absolute Gasteiger partial charge is 0.311 e. The number of rotatable bonds is 8. The summed E-state index contributed by atoms with van der Waals surface area (Å²) in [6, 6.07) is 1.93. The summed E-state index contributed by atoms with van der Waals surface area (Å²) in [5, 5.41) is 7.55. The molecule has 0 bridgehead atoms. The molecule has 0 amide bonds. The normalized spacial score (nSPS) is 10.8. The van der Waals surface area contributed by atoms with Gasteiger partial charge in [-0.05, 0) is 19.0 Å². The second-order valence-electron chi connectivity index (χ2n) is 3.64. The third-order valence-corrected chi connectivity index (χ3v) is 2.27. The molecule has 0 radical (unpaired) electrons. The summed E-state index contributed by atoms with van der Waals surface area (Å²) in [5.74, 6) is 0. The van der Waals surface area contributed by atoms with Gasteiger partial charge in [-0.2, -0.15) is 5.10 Å². The Morgan fingerprint density at radius 1 is 1.47 bits per heavy atom. The molecule has 0 fully saturated rings. The van der Waals surface area contributed by atoms with Crippen molar-refractivity contribution in [1.82, 2.24) is 15.1 Å². The van der Waals surface area contributed by atoms with Gasteiger partial charge in [-0.25, -0.2) is 4.39 Å². The zero-order valence-electron chi connectivity index (χ0n) is 9.38. The fourth-order valence-corrected chi connectivity index (χ4v) is 1.43. The highest BCUT2D eigenvalue weighted by Gasteiger charge is 1.97. The Morgan fingerprint density at radius 2 is 2.33 bits per heavy atom. The molecule has 0 aliphatic carbocycles. The predicted octanol–water partition coefficient (Wildman–Crippen LogP) is 2.13. The van der Waals surface area contributed by atoms with Crippen LogP contribution < -0.4 is 5.32 Å². The summed E-state index contributed by atoms with van der Waals surface area (Å²) in [5.41, 5.74) is 0.986. The summed E-state index contributed by atoms with van der Waals surface area (Å²) in [4.78, 5) is 0. The number of nitrogens with one attached hydrogen (secondary N) is 1. The van der Waals surface area contributed by atoms with Gasteiger partial charge < -0.3 is 5.32 Å². The Balaban J connectivity index is 2.14. The standard InChI is InChI=1S/C11H20FN3/c1-2-3-4-7-13-10-11-5-8-15(14-11)9-6-12/h5,8,13H,2-4,6-7,9-10H2,1H3. The maximum atomic E-state index is 12.0. The Bertz CT molecular complexity index is 260. The van der Waals surface area contributed by atoms with Crippen LogP contribution in [-0.2, 0) is 13.1 Å². The molecule has 86 valence electrons. The summed E-state index contributed by atoms with van der Waals surface area (Å²) in [6.45, 7) is 4.01. The quantitative estimate of drug-likeness (QED) is 0.670. The van der Waals surface area contributed by atoms with Crippen LogP contribution in [0.4, 0.5) is 4.39 Å². The SMILES string of the molecule is CCCCCNCc1ccn(CCF)n1. The Labute approximate surface area is 90.7 Å². The molecule has 0 aromatic carbocycles. The Hall–Kier alpha value is -0.900. The Morgan fingerprint density at radius 3 is 3.07 bits per heavy atom. The Kier molecular flexibility index (Phi) is 6.00. The van der Waals surface area contributed by atoms with Gasteiger partial charge in [0.2, 0.25) is 0 Å². The van der Waals surface area contributed by atoms with Gasteiger partial charge in [-0.15, -0.1) is 0 Å². The minimum absolute atomic E-state index is 0.356. The maximum absolute atomic E-state index is 12.0. The van der Waals surface area contributed by atoms with E-state index in [1.54, 1.807) is 4.68 Å². The van der Waals surface area contributed by atoms with Crippen molar-refractivity contribution >= 4 is 0 Å². The van der Waals surface area contributed by atoms with Gasteiger partial charge in [0.1, 0.15) is 6.67 Å². The second-order valence-corrected chi connectivity index (χ2v) is 3.64.